The zero-order chi connectivity index (χ0) is 19.3. The number of carbonyl (C=O) groups is 1. The van der Waals surface area contributed by atoms with E-state index >= 15 is 0 Å². The van der Waals surface area contributed by atoms with E-state index in [2.05, 4.69) is 10.5 Å². The van der Waals surface area contributed by atoms with Crippen molar-refractivity contribution < 1.29 is 19.7 Å². The van der Waals surface area contributed by atoms with Gasteiger partial charge in [-0.2, -0.15) is 5.10 Å². The second-order valence-corrected chi connectivity index (χ2v) is 7.79. The van der Waals surface area contributed by atoms with E-state index in [-0.39, 0.29) is 23.2 Å². The third-order valence-corrected chi connectivity index (χ3v) is 6.17. The summed E-state index contributed by atoms with van der Waals surface area (Å²) in [7, 11) is 0. The van der Waals surface area contributed by atoms with Gasteiger partial charge >= 0.3 is 11.7 Å². The molecule has 0 heterocycles. The highest BCUT2D eigenvalue weighted by Gasteiger charge is 2.57. The SMILES string of the molecule is O=C(O)C12CC3C[C@@H](C1)C(=NNc1ccc([N+](=O)[O-])cc1[N+](=O)[O-])[C@@H](C3)C2. The van der Waals surface area contributed by atoms with Crippen LogP contribution >= 0.6 is 0 Å². The van der Waals surface area contributed by atoms with Gasteiger partial charge in [-0.1, -0.05) is 0 Å². The van der Waals surface area contributed by atoms with E-state index in [1.807, 2.05) is 0 Å². The highest BCUT2D eigenvalue weighted by atomic mass is 16.6. The maximum atomic E-state index is 11.8. The first kappa shape index (κ1) is 17.4. The fourth-order valence-electron chi connectivity index (χ4n) is 5.21. The Morgan fingerprint density at radius 2 is 1.81 bits per heavy atom. The molecule has 5 rings (SSSR count). The number of hydrogen-bond donors (Lipinski definition) is 2. The summed E-state index contributed by atoms with van der Waals surface area (Å²) < 4.78 is 0. The lowest BCUT2D eigenvalue weighted by atomic mass is 9.49. The van der Waals surface area contributed by atoms with Gasteiger partial charge in [0.25, 0.3) is 5.69 Å². The van der Waals surface area contributed by atoms with Crippen LogP contribution in [0.4, 0.5) is 17.1 Å². The van der Waals surface area contributed by atoms with Gasteiger partial charge < -0.3 is 5.11 Å². The molecule has 1 aromatic rings. The molecular weight excluding hydrogens is 356 g/mol. The molecule has 2 atom stereocenters. The number of aliphatic carboxylic acids is 1. The molecule has 10 nitrogen and oxygen atoms in total. The first-order chi connectivity index (χ1) is 12.8. The zero-order valence-corrected chi connectivity index (χ0v) is 14.3. The van der Waals surface area contributed by atoms with Gasteiger partial charge in [0.2, 0.25) is 0 Å². The molecule has 2 N–H and O–H groups in total. The summed E-state index contributed by atoms with van der Waals surface area (Å²) in [6.07, 6.45) is 3.63. The minimum Gasteiger partial charge on any atom is -0.481 e. The van der Waals surface area contributed by atoms with Crippen LogP contribution in [0, 0.1) is 43.4 Å². The molecule has 10 heteroatoms. The molecule has 0 spiro atoms. The van der Waals surface area contributed by atoms with Crippen LogP contribution in [0.15, 0.2) is 23.3 Å². The Morgan fingerprint density at radius 1 is 1.15 bits per heavy atom. The van der Waals surface area contributed by atoms with Crippen LogP contribution in [-0.4, -0.2) is 26.6 Å². The average molecular weight is 374 g/mol. The van der Waals surface area contributed by atoms with Crippen LogP contribution in [0.5, 0.6) is 0 Å². The number of carboxylic acid groups (broad SMARTS) is 1. The fourth-order valence-corrected chi connectivity index (χ4v) is 5.21. The van der Waals surface area contributed by atoms with Crippen LogP contribution in [0.25, 0.3) is 0 Å². The summed E-state index contributed by atoms with van der Waals surface area (Å²) in [5.41, 5.74) is 2.22. The fraction of sp³-hybridized carbons (Fsp3) is 0.529. The Balaban J connectivity index is 1.60. The van der Waals surface area contributed by atoms with E-state index < -0.39 is 26.9 Å². The van der Waals surface area contributed by atoms with Gasteiger partial charge in [0.15, 0.2) is 0 Å². The molecule has 1 aromatic carbocycles. The Morgan fingerprint density at radius 3 is 2.37 bits per heavy atom. The van der Waals surface area contributed by atoms with Crippen LogP contribution in [-0.2, 0) is 4.79 Å². The average Bonchev–Trinajstić information content (AvgIpc) is 2.60. The molecule has 4 aliphatic carbocycles. The number of nitro groups is 2. The molecule has 4 fully saturated rings. The molecule has 0 radical (unpaired) electrons. The monoisotopic (exact) mass is 374 g/mol. The highest BCUT2D eigenvalue weighted by Crippen LogP contribution is 2.59. The normalized spacial score (nSPS) is 30.8. The van der Waals surface area contributed by atoms with Crippen LogP contribution in [0.2, 0.25) is 0 Å². The van der Waals surface area contributed by atoms with Crippen molar-refractivity contribution in [2.45, 2.75) is 32.1 Å². The van der Waals surface area contributed by atoms with E-state index in [4.69, 9.17) is 0 Å². The standard InChI is InChI=1S/C17H18N4O6/c22-16(23)17-6-9-3-10(7-17)15(11(4-9)8-17)19-18-13-2-1-12(20(24)25)5-14(13)21(26)27/h1-2,5,9-11,18H,3-4,6-8H2,(H,22,23)/t9?,10-,11-,17?/m0/s1. The number of hydrazone groups is 1. The topological polar surface area (TPSA) is 148 Å². The van der Waals surface area contributed by atoms with Gasteiger partial charge in [0, 0.05) is 23.6 Å². The highest BCUT2D eigenvalue weighted by molar-refractivity contribution is 5.94. The first-order valence-electron chi connectivity index (χ1n) is 8.79. The molecule has 0 aliphatic heterocycles. The molecule has 4 aliphatic rings. The third-order valence-electron chi connectivity index (χ3n) is 6.17. The molecule has 0 aromatic heterocycles. The predicted molar refractivity (Wildman–Crippen MR) is 94.4 cm³/mol. The Labute approximate surface area is 153 Å². The van der Waals surface area contributed by atoms with Gasteiger partial charge in [0.1, 0.15) is 5.69 Å². The Bertz CT molecular complexity index is 864. The smallest absolute Gasteiger partial charge is 0.309 e. The zero-order valence-electron chi connectivity index (χ0n) is 14.3. The molecular formula is C17H18N4O6. The van der Waals surface area contributed by atoms with E-state index in [0.29, 0.717) is 18.8 Å². The molecule has 142 valence electrons. The van der Waals surface area contributed by atoms with Gasteiger partial charge in [-0.15, -0.1) is 0 Å². The van der Waals surface area contributed by atoms with Crippen molar-refractivity contribution in [1.82, 2.24) is 0 Å². The van der Waals surface area contributed by atoms with Crippen molar-refractivity contribution in [3.8, 4) is 0 Å². The number of non-ortho nitro benzene ring substituents is 1. The van der Waals surface area contributed by atoms with Crippen molar-refractivity contribution in [1.29, 1.82) is 0 Å². The van der Waals surface area contributed by atoms with E-state index in [1.165, 1.54) is 12.1 Å². The predicted octanol–water partition coefficient (Wildman–Crippen LogP) is 3.18. The van der Waals surface area contributed by atoms with Crippen molar-refractivity contribution in [2.75, 3.05) is 5.43 Å². The quantitative estimate of drug-likeness (QED) is 0.594. The number of carboxylic acids is 1. The van der Waals surface area contributed by atoms with Crippen LogP contribution in [0.1, 0.15) is 32.1 Å². The summed E-state index contributed by atoms with van der Waals surface area (Å²) in [5.74, 6) is -0.208. The Hall–Kier alpha value is -3.04. The van der Waals surface area contributed by atoms with Gasteiger partial charge in [-0.05, 0) is 44.1 Å². The number of anilines is 1. The summed E-state index contributed by atoms with van der Waals surface area (Å²) in [6, 6.07) is 3.36. The maximum absolute atomic E-state index is 11.8. The third kappa shape index (κ3) is 2.81. The molecule has 4 bridgehead atoms. The van der Waals surface area contributed by atoms with E-state index in [0.717, 1.165) is 31.0 Å². The number of benzene rings is 1. The number of nitro benzene ring substituents is 2. The number of rotatable bonds is 5. The van der Waals surface area contributed by atoms with E-state index in [9.17, 15) is 30.1 Å². The summed E-state index contributed by atoms with van der Waals surface area (Å²) in [5, 5.41) is 36.1. The van der Waals surface area contributed by atoms with Crippen molar-refractivity contribution in [3.63, 3.8) is 0 Å². The second-order valence-electron chi connectivity index (χ2n) is 7.79. The number of hydrogen-bond acceptors (Lipinski definition) is 7. The lowest BCUT2D eigenvalue weighted by Crippen LogP contribution is -2.54. The van der Waals surface area contributed by atoms with Gasteiger partial charge in [0.05, 0.1) is 21.3 Å². The minimum absolute atomic E-state index is 0.0666. The molecule has 0 amide bonds. The molecule has 27 heavy (non-hydrogen) atoms. The van der Waals surface area contributed by atoms with Crippen LogP contribution < -0.4 is 5.43 Å². The lowest BCUT2D eigenvalue weighted by molar-refractivity contribution is -0.393. The molecule has 0 unspecified atom stereocenters. The summed E-state index contributed by atoms with van der Waals surface area (Å²) >= 11 is 0. The van der Waals surface area contributed by atoms with Crippen molar-refractivity contribution >= 4 is 28.7 Å². The molecule has 0 saturated heterocycles. The van der Waals surface area contributed by atoms with Gasteiger partial charge in [-0.25, -0.2) is 0 Å². The number of nitrogens with one attached hydrogen (secondary N) is 1. The van der Waals surface area contributed by atoms with Crippen LogP contribution in [0.3, 0.4) is 0 Å². The van der Waals surface area contributed by atoms with Gasteiger partial charge in [-0.3, -0.25) is 30.4 Å². The largest absolute Gasteiger partial charge is 0.481 e. The minimum atomic E-state index is -0.736. The maximum Gasteiger partial charge on any atom is 0.309 e. The van der Waals surface area contributed by atoms with E-state index in [1.54, 1.807) is 0 Å². The first-order valence-corrected chi connectivity index (χ1v) is 8.79. The Kier molecular flexibility index (Phi) is 3.86. The summed E-state index contributed by atoms with van der Waals surface area (Å²) in [6.45, 7) is 0. The van der Waals surface area contributed by atoms with Crippen molar-refractivity contribution in [2.24, 2.45) is 28.3 Å². The molecule has 4 saturated carbocycles. The van der Waals surface area contributed by atoms with Crippen molar-refractivity contribution in [3.05, 3.63) is 38.4 Å². The summed E-state index contributed by atoms with van der Waals surface area (Å²) in [4.78, 5) is 32.5. The second kappa shape index (κ2) is 6.00. The lowest BCUT2D eigenvalue weighted by Gasteiger charge is -2.54. The number of nitrogens with zero attached hydrogens (tertiary/aromatic N) is 3.